The number of nitrogens with zero attached hydrogens (tertiary/aromatic N) is 4. The van der Waals surface area contributed by atoms with Crippen LogP contribution in [0.2, 0.25) is 0 Å². The van der Waals surface area contributed by atoms with Crippen molar-refractivity contribution in [3.05, 3.63) is 66.6 Å². The van der Waals surface area contributed by atoms with Gasteiger partial charge in [-0.05, 0) is 50.4 Å². The normalized spacial score (nSPS) is 16.5. The quantitative estimate of drug-likeness (QED) is 0.503. The number of anilines is 1. The minimum Gasteiger partial charge on any atom is -0.462 e. The molecule has 175 valence electrons. The maximum atomic E-state index is 13.1. The molecule has 0 saturated carbocycles. The molecule has 1 aliphatic rings. The minimum atomic E-state index is 0. The number of hydrogen-bond donors (Lipinski definition) is 0. The standard InChI is InChI=1S/C22H28N4O.2C2H6.Y/c1-15-12-19-8-6-7-9-21(19)26(17(15)3)22(27)14-25(5)11-10-20-13-16(2)23-18(4)24-20;2*1-2;/h6-10,13,15,17H,5,11-12,14H2,1-4H3;2*1-2H3;/q-2;;;. The summed E-state index contributed by atoms with van der Waals surface area (Å²) in [7, 11) is 4.04. The summed E-state index contributed by atoms with van der Waals surface area (Å²) < 4.78 is 0. The number of carbonyl (C=O) groups is 1. The van der Waals surface area contributed by atoms with Gasteiger partial charge in [0.1, 0.15) is 5.82 Å². The van der Waals surface area contributed by atoms with Gasteiger partial charge in [-0.15, -0.1) is 0 Å². The molecule has 0 N–H and O–H groups in total. The topological polar surface area (TPSA) is 49.3 Å². The Hall–Kier alpha value is -1.30. The van der Waals surface area contributed by atoms with Gasteiger partial charge < -0.3 is 9.80 Å². The predicted octanol–water partition coefficient (Wildman–Crippen LogP) is 5.40. The van der Waals surface area contributed by atoms with E-state index in [0.29, 0.717) is 12.5 Å². The van der Waals surface area contributed by atoms with Crippen LogP contribution in [-0.4, -0.2) is 39.9 Å². The molecule has 2 aromatic rings. The molecular weight excluding hydrogens is 473 g/mol. The molecule has 0 saturated heterocycles. The van der Waals surface area contributed by atoms with Crippen LogP contribution in [0.1, 0.15) is 64.3 Å². The fraction of sp³-hybridized carbons (Fsp3) is 0.500. The van der Waals surface area contributed by atoms with E-state index in [2.05, 4.69) is 36.9 Å². The Bertz CT molecular complexity index is 807. The number of aryl methyl sites for hydroxylation is 2. The number of amides is 1. The number of rotatable bonds is 5. The Balaban J connectivity index is 0.00000182. The molecule has 0 aliphatic carbocycles. The van der Waals surface area contributed by atoms with Gasteiger partial charge in [-0.3, -0.25) is 21.8 Å². The van der Waals surface area contributed by atoms with Gasteiger partial charge in [0.25, 0.3) is 0 Å². The number of benzene rings is 1. The van der Waals surface area contributed by atoms with Gasteiger partial charge >= 0.3 is 0 Å². The van der Waals surface area contributed by atoms with E-state index < -0.39 is 0 Å². The summed E-state index contributed by atoms with van der Waals surface area (Å²) >= 11 is 0. The van der Waals surface area contributed by atoms with E-state index in [0.717, 1.165) is 29.3 Å². The van der Waals surface area contributed by atoms with Crippen LogP contribution in [0.5, 0.6) is 0 Å². The van der Waals surface area contributed by atoms with E-state index in [1.807, 2.05) is 77.1 Å². The average molecular weight is 514 g/mol. The molecule has 2 unspecified atom stereocenters. The van der Waals surface area contributed by atoms with Crippen LogP contribution in [0.15, 0.2) is 30.3 Å². The summed E-state index contributed by atoms with van der Waals surface area (Å²) in [4.78, 5) is 25.5. The molecule has 32 heavy (non-hydrogen) atoms. The van der Waals surface area contributed by atoms with Gasteiger partial charge in [0.05, 0.1) is 6.54 Å². The van der Waals surface area contributed by atoms with Crippen LogP contribution in [0.4, 0.5) is 5.69 Å². The minimum absolute atomic E-state index is 0. The molecule has 2 atom stereocenters. The summed E-state index contributed by atoms with van der Waals surface area (Å²) in [5.41, 5.74) is 4.08. The second-order valence-corrected chi connectivity index (χ2v) is 7.51. The molecule has 0 spiro atoms. The van der Waals surface area contributed by atoms with Crippen molar-refractivity contribution in [1.29, 1.82) is 0 Å². The average Bonchev–Trinajstić information content (AvgIpc) is 2.75. The fourth-order valence-electron chi connectivity index (χ4n) is 3.68. The molecule has 1 radical (unpaired) electrons. The molecule has 6 heteroatoms. The van der Waals surface area contributed by atoms with Gasteiger partial charge in [-0.25, -0.2) is 0 Å². The number of para-hydroxylation sites is 1. The third kappa shape index (κ3) is 8.57. The van der Waals surface area contributed by atoms with Crippen LogP contribution in [0.3, 0.4) is 0 Å². The molecule has 0 fully saturated rings. The van der Waals surface area contributed by atoms with Crippen molar-refractivity contribution in [2.24, 2.45) is 5.92 Å². The zero-order valence-electron chi connectivity index (χ0n) is 21.2. The van der Waals surface area contributed by atoms with Crippen LogP contribution in [-0.2, 0) is 43.9 Å². The van der Waals surface area contributed by atoms with Gasteiger partial charge in [-0.1, -0.05) is 65.1 Å². The summed E-state index contributed by atoms with van der Waals surface area (Å²) in [5, 5.41) is 0. The first-order chi connectivity index (χ1) is 14.8. The molecule has 5 nitrogen and oxygen atoms in total. The van der Waals surface area contributed by atoms with Crippen LogP contribution in [0.25, 0.3) is 0 Å². The van der Waals surface area contributed by atoms with E-state index in [1.165, 1.54) is 5.56 Å². The van der Waals surface area contributed by atoms with Gasteiger partial charge in [0.2, 0.25) is 5.91 Å². The summed E-state index contributed by atoms with van der Waals surface area (Å²) in [6.45, 7) is 17.0. The van der Waals surface area contributed by atoms with Gasteiger partial charge in [0, 0.05) is 44.4 Å². The molecule has 1 aromatic carbocycles. The molecule has 1 amide bonds. The van der Waals surface area contributed by atoms with Crippen molar-refractivity contribution in [3.63, 3.8) is 0 Å². The Morgan fingerprint density at radius 2 is 1.78 bits per heavy atom. The summed E-state index contributed by atoms with van der Waals surface area (Å²) in [6, 6.07) is 10.3. The van der Waals surface area contributed by atoms with Gasteiger partial charge in [0.15, 0.2) is 0 Å². The van der Waals surface area contributed by atoms with Crippen LogP contribution >= 0.6 is 0 Å². The first-order valence-electron chi connectivity index (χ1n) is 11.5. The molecular formula is C26H40N4OY-2. The predicted molar refractivity (Wildman–Crippen MR) is 131 cm³/mol. The largest absolute Gasteiger partial charge is 0.462 e. The second kappa shape index (κ2) is 15.5. The molecule has 2 heterocycles. The Kier molecular flexibility index (Phi) is 14.9. The van der Waals surface area contributed by atoms with Crippen LogP contribution in [0, 0.1) is 33.2 Å². The first kappa shape index (κ1) is 30.7. The first-order valence-corrected chi connectivity index (χ1v) is 11.5. The van der Waals surface area contributed by atoms with E-state index in [9.17, 15) is 4.79 Å². The fourth-order valence-corrected chi connectivity index (χ4v) is 3.68. The summed E-state index contributed by atoms with van der Waals surface area (Å²) in [5.74, 6) is 1.27. The zero-order valence-corrected chi connectivity index (χ0v) is 24.1. The molecule has 1 aliphatic heterocycles. The Morgan fingerprint density at radius 3 is 2.41 bits per heavy atom. The van der Waals surface area contributed by atoms with E-state index in [-0.39, 0.29) is 51.2 Å². The van der Waals surface area contributed by atoms with E-state index in [1.54, 1.807) is 4.90 Å². The van der Waals surface area contributed by atoms with Crippen molar-refractivity contribution >= 4 is 11.6 Å². The number of hydrogen-bond acceptors (Lipinski definition) is 4. The zero-order chi connectivity index (χ0) is 23.6. The Labute approximate surface area is 221 Å². The van der Waals surface area contributed by atoms with Crippen molar-refractivity contribution in [2.45, 2.75) is 67.9 Å². The second-order valence-electron chi connectivity index (χ2n) is 7.51. The maximum absolute atomic E-state index is 13.1. The molecule has 3 rings (SSSR count). The summed E-state index contributed by atoms with van der Waals surface area (Å²) in [6.07, 6.45) is 2.99. The number of aromatic nitrogens is 2. The number of fused-ring (bicyclic) bond motifs is 1. The van der Waals surface area contributed by atoms with Crippen LogP contribution < -0.4 is 4.90 Å². The third-order valence-electron chi connectivity index (χ3n) is 5.20. The van der Waals surface area contributed by atoms with Gasteiger partial charge in [-0.2, -0.15) is 12.5 Å². The van der Waals surface area contributed by atoms with Crippen molar-refractivity contribution in [3.8, 4) is 0 Å². The molecule has 1 aromatic heterocycles. The van der Waals surface area contributed by atoms with E-state index >= 15 is 0 Å². The smallest absolute Gasteiger partial charge is 0.238 e. The maximum Gasteiger partial charge on any atom is 0.238 e. The SMILES string of the molecule is CC.CC.[CH2-]N(C[CH-]c1cc(C)nc(C)n1)CC(=O)N1c2ccccc2CC(C)C1C.[Y]. The van der Waals surface area contributed by atoms with E-state index in [4.69, 9.17) is 0 Å². The third-order valence-corrected chi connectivity index (χ3v) is 5.20. The number of carbonyl (C=O) groups excluding carboxylic acids is 1. The van der Waals surface area contributed by atoms with Crippen molar-refractivity contribution in [2.75, 3.05) is 18.0 Å². The van der Waals surface area contributed by atoms with Crippen molar-refractivity contribution in [1.82, 2.24) is 14.9 Å². The monoisotopic (exact) mass is 513 g/mol. The molecule has 0 bridgehead atoms. The Morgan fingerprint density at radius 1 is 1.16 bits per heavy atom. The van der Waals surface area contributed by atoms with Crippen molar-refractivity contribution < 1.29 is 37.5 Å².